The number of carbonyl (C=O) groups excluding carboxylic acids is 3. The number of nitrogens with zero attached hydrogens (tertiary/aromatic N) is 2. The summed E-state index contributed by atoms with van der Waals surface area (Å²) >= 11 is 1.38. The third kappa shape index (κ3) is 8.46. The molecule has 0 aliphatic rings. The molecule has 0 saturated carbocycles. The maximum atomic E-state index is 13.2. The van der Waals surface area contributed by atoms with Crippen LogP contribution in [0.3, 0.4) is 0 Å². The Hall–Kier alpha value is -5.03. The third-order valence-electron chi connectivity index (χ3n) is 7.83. The van der Waals surface area contributed by atoms with Gasteiger partial charge in [-0.05, 0) is 35.6 Å². The van der Waals surface area contributed by atoms with Crippen molar-refractivity contribution in [3.05, 3.63) is 130 Å². The minimum Gasteiger partial charge on any atom is -0.366 e. The van der Waals surface area contributed by atoms with E-state index in [2.05, 4.69) is 41.4 Å². The molecule has 3 aromatic carbocycles. The molecule has 2 heterocycles. The van der Waals surface area contributed by atoms with Crippen LogP contribution in [0.2, 0.25) is 0 Å². The Bertz CT molecular complexity index is 1860. The van der Waals surface area contributed by atoms with Crippen LogP contribution in [-0.4, -0.2) is 56.2 Å². The Labute approximate surface area is 283 Å². The Morgan fingerprint density at radius 3 is 1.94 bits per heavy atom. The van der Waals surface area contributed by atoms with Gasteiger partial charge in [-0.2, -0.15) is 0 Å². The van der Waals surface area contributed by atoms with Crippen molar-refractivity contribution in [2.75, 3.05) is 0 Å². The number of nitrogens with one attached hydrogen (secondary N) is 2. The molecule has 2 amide bonds. The highest BCUT2D eigenvalue weighted by atomic mass is 32.1. The number of ketones is 1. The van der Waals surface area contributed by atoms with E-state index in [1.807, 2.05) is 60.7 Å². The van der Waals surface area contributed by atoms with Crippen molar-refractivity contribution >= 4 is 28.9 Å². The standard InChI is InChI=1S/C38H38N4O5S/c1-23(37(46)47)41-35(44)30(42-36(45)31-18-19-32(48-31)38(2,3)4)20-24-10-12-28(13-11-24)34-39-21-29(22-40-34)25-14-16-27(17-15-25)33(43)26-8-6-5-7-9-26/h5-19,21-23,30,37,46-47H,20H2,1-4H3,(H,41,44)(H,42,45)/t23-,30+/m1/s1. The quantitative estimate of drug-likeness (QED) is 0.107. The van der Waals surface area contributed by atoms with Crippen LogP contribution in [0, 0.1) is 0 Å². The van der Waals surface area contributed by atoms with Gasteiger partial charge in [-0.1, -0.05) is 99.6 Å². The second-order valence-electron chi connectivity index (χ2n) is 12.6. The monoisotopic (exact) mass is 662 g/mol. The molecule has 0 aliphatic carbocycles. The van der Waals surface area contributed by atoms with Crippen LogP contribution in [0.5, 0.6) is 0 Å². The molecule has 9 nitrogen and oxygen atoms in total. The Morgan fingerprint density at radius 1 is 0.750 bits per heavy atom. The van der Waals surface area contributed by atoms with Gasteiger partial charge in [0.15, 0.2) is 17.9 Å². The molecule has 0 radical (unpaired) electrons. The molecule has 4 N–H and O–H groups in total. The smallest absolute Gasteiger partial charge is 0.262 e. The van der Waals surface area contributed by atoms with Gasteiger partial charge < -0.3 is 20.8 Å². The fraction of sp³-hybridized carbons (Fsp3) is 0.237. The number of benzene rings is 3. The van der Waals surface area contributed by atoms with Gasteiger partial charge in [0.25, 0.3) is 5.91 Å². The molecule has 2 atom stereocenters. The number of rotatable bonds is 11. The molecule has 0 aliphatic heterocycles. The highest BCUT2D eigenvalue weighted by Gasteiger charge is 2.26. The number of aliphatic hydroxyl groups is 2. The Balaban J connectivity index is 1.27. The lowest BCUT2D eigenvalue weighted by Crippen LogP contribution is -2.52. The summed E-state index contributed by atoms with van der Waals surface area (Å²) in [5.41, 5.74) is 4.35. The highest BCUT2D eigenvalue weighted by Crippen LogP contribution is 2.29. The topological polar surface area (TPSA) is 142 Å². The lowest BCUT2D eigenvalue weighted by Gasteiger charge is -2.22. The maximum absolute atomic E-state index is 13.2. The number of amides is 2. The van der Waals surface area contributed by atoms with E-state index in [-0.39, 0.29) is 23.5 Å². The summed E-state index contributed by atoms with van der Waals surface area (Å²) in [7, 11) is 0. The van der Waals surface area contributed by atoms with E-state index in [1.165, 1.54) is 18.3 Å². The Morgan fingerprint density at radius 2 is 1.35 bits per heavy atom. The number of hydrogen-bond donors (Lipinski definition) is 4. The van der Waals surface area contributed by atoms with Crippen molar-refractivity contribution in [2.45, 2.75) is 57.9 Å². The third-order valence-corrected chi connectivity index (χ3v) is 9.34. The number of hydrogen-bond acceptors (Lipinski definition) is 8. The summed E-state index contributed by atoms with van der Waals surface area (Å²) in [6.45, 7) is 7.67. The molecule has 2 aromatic heterocycles. The van der Waals surface area contributed by atoms with Gasteiger partial charge in [0.2, 0.25) is 5.91 Å². The van der Waals surface area contributed by atoms with E-state index in [1.54, 1.807) is 42.7 Å². The second kappa shape index (κ2) is 14.8. The minimum absolute atomic E-state index is 0.0396. The summed E-state index contributed by atoms with van der Waals surface area (Å²) in [5.74, 6) is -0.434. The van der Waals surface area contributed by atoms with E-state index >= 15 is 0 Å². The highest BCUT2D eigenvalue weighted by molar-refractivity contribution is 7.14. The Kier molecular flexibility index (Phi) is 10.6. The van der Waals surface area contributed by atoms with Gasteiger partial charge in [-0.15, -0.1) is 11.3 Å². The molecule has 246 valence electrons. The van der Waals surface area contributed by atoms with Crippen LogP contribution >= 0.6 is 11.3 Å². The fourth-order valence-corrected chi connectivity index (χ4v) is 5.89. The maximum Gasteiger partial charge on any atom is 0.262 e. The van der Waals surface area contributed by atoms with Crippen LogP contribution in [0.25, 0.3) is 22.5 Å². The number of aliphatic hydroxyl groups excluding tert-OH is 1. The summed E-state index contributed by atoms with van der Waals surface area (Å²) in [4.78, 5) is 49.7. The summed E-state index contributed by atoms with van der Waals surface area (Å²) in [6, 6.07) is 25.6. The summed E-state index contributed by atoms with van der Waals surface area (Å²) in [6.07, 6.45) is 1.89. The van der Waals surface area contributed by atoms with Crippen molar-refractivity contribution in [1.29, 1.82) is 0 Å². The molecule has 0 bridgehead atoms. The first-order valence-electron chi connectivity index (χ1n) is 15.6. The van der Waals surface area contributed by atoms with Crippen LogP contribution in [0.15, 0.2) is 103 Å². The van der Waals surface area contributed by atoms with E-state index in [0.29, 0.717) is 21.8 Å². The van der Waals surface area contributed by atoms with Gasteiger partial charge in [-0.25, -0.2) is 9.97 Å². The molecule has 0 spiro atoms. The molecular formula is C38H38N4O5S. The first kappa shape index (κ1) is 34.3. The zero-order valence-corrected chi connectivity index (χ0v) is 28.0. The normalized spacial score (nSPS) is 12.7. The lowest BCUT2D eigenvalue weighted by atomic mass is 9.95. The van der Waals surface area contributed by atoms with Gasteiger partial charge >= 0.3 is 0 Å². The van der Waals surface area contributed by atoms with Gasteiger partial charge in [-0.3, -0.25) is 14.4 Å². The first-order valence-corrected chi connectivity index (χ1v) is 16.4. The zero-order chi connectivity index (χ0) is 34.4. The van der Waals surface area contributed by atoms with Crippen molar-refractivity contribution in [1.82, 2.24) is 20.6 Å². The second-order valence-corrected chi connectivity index (χ2v) is 13.7. The molecule has 5 aromatic rings. The average molecular weight is 663 g/mol. The fourth-order valence-electron chi connectivity index (χ4n) is 4.92. The lowest BCUT2D eigenvalue weighted by molar-refractivity contribution is -0.128. The van der Waals surface area contributed by atoms with Gasteiger partial charge in [0, 0.05) is 45.9 Å². The molecular weight excluding hydrogens is 625 g/mol. The molecule has 0 fully saturated rings. The predicted octanol–water partition coefficient (Wildman–Crippen LogP) is 5.56. The van der Waals surface area contributed by atoms with Crippen molar-refractivity contribution in [3.63, 3.8) is 0 Å². The summed E-state index contributed by atoms with van der Waals surface area (Å²) in [5, 5.41) is 24.4. The predicted molar refractivity (Wildman–Crippen MR) is 187 cm³/mol. The van der Waals surface area contributed by atoms with Crippen LogP contribution in [0.1, 0.15) is 63.7 Å². The van der Waals surface area contributed by atoms with Crippen molar-refractivity contribution in [2.24, 2.45) is 0 Å². The molecule has 48 heavy (non-hydrogen) atoms. The summed E-state index contributed by atoms with van der Waals surface area (Å²) < 4.78 is 0. The number of aromatic nitrogens is 2. The van der Waals surface area contributed by atoms with Crippen molar-refractivity contribution < 1.29 is 24.6 Å². The minimum atomic E-state index is -1.74. The van der Waals surface area contributed by atoms with Crippen LogP contribution in [-0.2, 0) is 16.6 Å². The van der Waals surface area contributed by atoms with E-state index in [0.717, 1.165) is 27.1 Å². The average Bonchev–Trinajstić information content (AvgIpc) is 3.60. The number of thiophene rings is 1. The molecule has 0 saturated heterocycles. The first-order chi connectivity index (χ1) is 22.9. The van der Waals surface area contributed by atoms with Crippen LogP contribution < -0.4 is 10.6 Å². The SMILES string of the molecule is C[C@@H](NC(=O)[C@H](Cc1ccc(-c2ncc(-c3ccc(C(=O)c4ccccc4)cc3)cn2)cc1)NC(=O)c1ccc(C(C)(C)C)s1)C(O)O. The largest absolute Gasteiger partial charge is 0.366 e. The molecule has 5 rings (SSSR count). The van der Waals surface area contributed by atoms with Gasteiger partial charge in [0.05, 0.1) is 10.9 Å². The molecule has 10 heteroatoms. The van der Waals surface area contributed by atoms with E-state index < -0.39 is 24.3 Å². The number of carbonyl (C=O) groups is 3. The van der Waals surface area contributed by atoms with Gasteiger partial charge in [0.1, 0.15) is 6.04 Å². The van der Waals surface area contributed by atoms with E-state index in [4.69, 9.17) is 0 Å². The van der Waals surface area contributed by atoms with Crippen molar-refractivity contribution in [3.8, 4) is 22.5 Å². The van der Waals surface area contributed by atoms with Crippen LogP contribution in [0.4, 0.5) is 0 Å². The molecule has 0 unspecified atom stereocenters. The van der Waals surface area contributed by atoms with E-state index in [9.17, 15) is 24.6 Å². The zero-order valence-electron chi connectivity index (χ0n) is 27.2.